The molecular weight excluding hydrogens is 593 g/mol. The zero-order valence-corrected chi connectivity index (χ0v) is 33.8. The molecule has 1 saturated heterocycles. The molecule has 1 heterocycles. The highest BCUT2D eigenvalue weighted by atomic mass is 15.1. The van der Waals surface area contributed by atoms with Crippen LogP contribution >= 0.6 is 0 Å². The lowest BCUT2D eigenvalue weighted by atomic mass is 9.92. The molecule has 0 aromatic rings. The molecule has 1 N–H and O–H groups in total. The molecule has 0 aromatic carbocycles. The van der Waals surface area contributed by atoms with E-state index in [-0.39, 0.29) is 0 Å². The van der Waals surface area contributed by atoms with Crippen LogP contribution < -0.4 is 5.32 Å². The van der Waals surface area contributed by atoms with Crippen molar-refractivity contribution in [3.8, 4) is 0 Å². The Morgan fingerprint density at radius 2 is 0.898 bits per heavy atom. The Hall–Kier alpha value is -1.12. The van der Waals surface area contributed by atoms with Gasteiger partial charge in [0.2, 0.25) is 0 Å². The van der Waals surface area contributed by atoms with E-state index in [2.05, 4.69) is 79.7 Å². The summed E-state index contributed by atoms with van der Waals surface area (Å²) in [5, 5.41) is 3.53. The second-order valence-electron chi connectivity index (χ2n) is 15.6. The van der Waals surface area contributed by atoms with Gasteiger partial charge in [0.05, 0.1) is 0 Å². The Bertz CT molecular complexity index is 710. The first-order chi connectivity index (χ1) is 24.3. The number of allylic oxidation sites excluding steroid dienone is 8. The maximum Gasteiger partial charge on any atom is 0.00922 e. The molecule has 1 aliphatic rings. The Labute approximate surface area is 309 Å². The highest BCUT2D eigenvalue weighted by molar-refractivity contribution is 4.93. The third-order valence-corrected chi connectivity index (χ3v) is 10.9. The summed E-state index contributed by atoms with van der Waals surface area (Å²) < 4.78 is 0. The van der Waals surface area contributed by atoms with Gasteiger partial charge in [-0.05, 0) is 129 Å². The smallest absolute Gasteiger partial charge is 0.00922 e. The van der Waals surface area contributed by atoms with E-state index in [0.717, 1.165) is 24.8 Å². The molecule has 1 aliphatic heterocycles. The molecular formula is C47H88N2. The lowest BCUT2D eigenvalue weighted by Gasteiger charge is -2.29. The normalized spacial score (nSPS) is 15.3. The Kier molecular flexibility index (Phi) is 35.7. The minimum Gasteiger partial charge on any atom is -0.317 e. The van der Waals surface area contributed by atoms with Crippen LogP contribution in [0.15, 0.2) is 48.6 Å². The zero-order chi connectivity index (χ0) is 35.1. The van der Waals surface area contributed by atoms with E-state index >= 15 is 0 Å². The molecule has 0 saturated carbocycles. The van der Waals surface area contributed by atoms with Gasteiger partial charge in [-0.1, -0.05) is 165 Å². The summed E-state index contributed by atoms with van der Waals surface area (Å²) in [6, 6.07) is 0.801. The molecule has 0 atom stereocenters. The molecule has 2 nitrogen and oxygen atoms in total. The van der Waals surface area contributed by atoms with Gasteiger partial charge in [-0.3, -0.25) is 0 Å². The predicted molar refractivity (Wildman–Crippen MR) is 224 cm³/mol. The fraction of sp³-hybridized carbons (Fsp3) is 0.830. The SMILES string of the molecule is CCCCCC=CCC=CCCCCCCCCC(CCCCCCCCC=CCC=CCCCCC)N(C)CCCCC1CCNCC1. The van der Waals surface area contributed by atoms with Crippen molar-refractivity contribution >= 4 is 0 Å². The largest absolute Gasteiger partial charge is 0.317 e. The average molecular weight is 681 g/mol. The van der Waals surface area contributed by atoms with Gasteiger partial charge < -0.3 is 10.2 Å². The molecule has 0 bridgehead atoms. The quantitative estimate of drug-likeness (QED) is 0.0523. The fourth-order valence-electron chi connectivity index (χ4n) is 7.47. The summed E-state index contributed by atoms with van der Waals surface area (Å²) in [6.45, 7) is 8.35. The van der Waals surface area contributed by atoms with Crippen LogP contribution in [-0.4, -0.2) is 37.6 Å². The van der Waals surface area contributed by atoms with Crippen LogP contribution in [0.4, 0.5) is 0 Å². The number of rotatable bonds is 36. The molecule has 49 heavy (non-hydrogen) atoms. The summed E-state index contributed by atoms with van der Waals surface area (Å²) in [7, 11) is 2.45. The van der Waals surface area contributed by atoms with E-state index in [1.165, 1.54) is 206 Å². The maximum atomic E-state index is 3.53. The summed E-state index contributed by atoms with van der Waals surface area (Å²) in [5.74, 6) is 0.985. The number of nitrogens with zero attached hydrogens (tertiary/aromatic N) is 1. The van der Waals surface area contributed by atoms with Gasteiger partial charge in [0.15, 0.2) is 0 Å². The topological polar surface area (TPSA) is 15.3 Å². The number of piperidine rings is 1. The van der Waals surface area contributed by atoms with E-state index in [4.69, 9.17) is 0 Å². The second-order valence-corrected chi connectivity index (χ2v) is 15.6. The molecule has 0 aromatic heterocycles. The van der Waals surface area contributed by atoms with E-state index in [0.29, 0.717) is 0 Å². The predicted octanol–water partition coefficient (Wildman–Crippen LogP) is 14.9. The van der Waals surface area contributed by atoms with E-state index in [1.54, 1.807) is 0 Å². The molecule has 0 aliphatic carbocycles. The molecule has 1 rings (SSSR count). The van der Waals surface area contributed by atoms with Crippen molar-refractivity contribution < 1.29 is 0 Å². The summed E-state index contributed by atoms with van der Waals surface area (Å²) >= 11 is 0. The first kappa shape index (κ1) is 45.9. The van der Waals surface area contributed by atoms with E-state index in [1.807, 2.05) is 0 Å². The number of nitrogens with one attached hydrogen (secondary N) is 1. The molecule has 286 valence electrons. The van der Waals surface area contributed by atoms with E-state index in [9.17, 15) is 0 Å². The van der Waals surface area contributed by atoms with Gasteiger partial charge in [0.25, 0.3) is 0 Å². The maximum absolute atomic E-state index is 3.53. The minimum absolute atomic E-state index is 0.801. The van der Waals surface area contributed by atoms with Crippen molar-refractivity contribution in [1.82, 2.24) is 10.2 Å². The molecule has 0 spiro atoms. The zero-order valence-electron chi connectivity index (χ0n) is 33.8. The van der Waals surface area contributed by atoms with Crippen molar-refractivity contribution in [2.24, 2.45) is 5.92 Å². The van der Waals surface area contributed by atoms with Gasteiger partial charge >= 0.3 is 0 Å². The van der Waals surface area contributed by atoms with Crippen molar-refractivity contribution in [2.45, 2.75) is 219 Å². The number of hydrogen-bond acceptors (Lipinski definition) is 2. The lowest BCUT2D eigenvalue weighted by Crippen LogP contribution is -2.33. The van der Waals surface area contributed by atoms with Crippen molar-refractivity contribution in [2.75, 3.05) is 26.7 Å². The van der Waals surface area contributed by atoms with Crippen molar-refractivity contribution in [1.29, 1.82) is 0 Å². The Morgan fingerprint density at radius 3 is 1.35 bits per heavy atom. The first-order valence-electron chi connectivity index (χ1n) is 22.3. The molecule has 0 amide bonds. The monoisotopic (exact) mass is 681 g/mol. The summed E-state index contributed by atoms with van der Waals surface area (Å²) in [5.41, 5.74) is 0. The van der Waals surface area contributed by atoms with Gasteiger partial charge in [-0.2, -0.15) is 0 Å². The second kappa shape index (κ2) is 38.1. The van der Waals surface area contributed by atoms with Gasteiger partial charge in [-0.25, -0.2) is 0 Å². The van der Waals surface area contributed by atoms with Gasteiger partial charge in [0, 0.05) is 6.04 Å². The lowest BCUT2D eigenvalue weighted by molar-refractivity contribution is 0.203. The van der Waals surface area contributed by atoms with E-state index < -0.39 is 0 Å². The minimum atomic E-state index is 0.801. The van der Waals surface area contributed by atoms with Crippen LogP contribution in [0.1, 0.15) is 213 Å². The molecule has 1 fully saturated rings. The average Bonchev–Trinajstić information content (AvgIpc) is 3.12. The molecule has 0 unspecified atom stereocenters. The highest BCUT2D eigenvalue weighted by Gasteiger charge is 2.16. The van der Waals surface area contributed by atoms with Crippen LogP contribution in [0.25, 0.3) is 0 Å². The number of unbranched alkanes of at least 4 members (excludes halogenated alkanes) is 19. The van der Waals surface area contributed by atoms with Crippen LogP contribution in [0.3, 0.4) is 0 Å². The Balaban J connectivity index is 2.18. The standard InChI is InChI=1S/C47H88N2/c1-4-6-8-10-12-14-16-18-20-22-24-26-28-30-32-34-39-47(49(3)45-37-36-38-46-41-43-48-44-42-46)40-35-33-31-29-27-25-23-21-19-17-15-13-11-9-7-5-2/h12-15,18-21,46-48H,4-11,16-17,22-45H2,1-3H3. The van der Waals surface area contributed by atoms with Crippen molar-refractivity contribution in [3.63, 3.8) is 0 Å². The fourth-order valence-corrected chi connectivity index (χ4v) is 7.47. The van der Waals surface area contributed by atoms with Crippen LogP contribution in [0.5, 0.6) is 0 Å². The third-order valence-electron chi connectivity index (χ3n) is 10.9. The van der Waals surface area contributed by atoms with Crippen LogP contribution in [0.2, 0.25) is 0 Å². The van der Waals surface area contributed by atoms with Gasteiger partial charge in [0.1, 0.15) is 0 Å². The Morgan fingerprint density at radius 1 is 0.490 bits per heavy atom. The summed E-state index contributed by atoms with van der Waals surface area (Å²) in [6.07, 6.45) is 61.3. The van der Waals surface area contributed by atoms with Gasteiger partial charge in [-0.15, -0.1) is 0 Å². The van der Waals surface area contributed by atoms with Crippen LogP contribution in [-0.2, 0) is 0 Å². The number of hydrogen-bond donors (Lipinski definition) is 1. The summed E-state index contributed by atoms with van der Waals surface area (Å²) in [4.78, 5) is 2.77. The van der Waals surface area contributed by atoms with Crippen LogP contribution in [0, 0.1) is 5.92 Å². The first-order valence-corrected chi connectivity index (χ1v) is 22.3. The highest BCUT2D eigenvalue weighted by Crippen LogP contribution is 2.21. The molecule has 0 radical (unpaired) electrons. The third kappa shape index (κ3) is 32.5. The molecule has 2 heteroatoms. The van der Waals surface area contributed by atoms with Crippen molar-refractivity contribution in [3.05, 3.63) is 48.6 Å².